The van der Waals surface area contributed by atoms with E-state index >= 15 is 0 Å². The summed E-state index contributed by atoms with van der Waals surface area (Å²) < 4.78 is 47.0. The van der Waals surface area contributed by atoms with E-state index in [1.54, 1.807) is 0 Å². The Morgan fingerprint density at radius 1 is 1.30 bits per heavy atom. The van der Waals surface area contributed by atoms with Crippen LogP contribution in [0.3, 0.4) is 0 Å². The minimum absolute atomic E-state index is 0.0382. The van der Waals surface area contributed by atoms with Crippen molar-refractivity contribution in [3.63, 3.8) is 0 Å². The third-order valence-corrected chi connectivity index (χ3v) is 4.30. The Balaban J connectivity index is 1.85. The zero-order valence-electron chi connectivity index (χ0n) is 12.2. The first-order chi connectivity index (χ1) is 9.32. The van der Waals surface area contributed by atoms with Crippen molar-refractivity contribution in [1.29, 1.82) is 0 Å². The topological polar surface area (TPSA) is 21.7 Å². The van der Waals surface area contributed by atoms with Gasteiger partial charge in [0.15, 0.2) is 0 Å². The fraction of sp³-hybridized carbons (Fsp3) is 1.00. The summed E-state index contributed by atoms with van der Waals surface area (Å²) in [5, 5.41) is 0. The number of hydrogen-bond acceptors (Lipinski definition) is 3. The van der Waals surface area contributed by atoms with Gasteiger partial charge in [0.25, 0.3) is 0 Å². The van der Waals surface area contributed by atoms with E-state index in [0.29, 0.717) is 6.61 Å². The molecule has 0 aliphatic carbocycles. The van der Waals surface area contributed by atoms with Gasteiger partial charge in [-0.2, -0.15) is 13.2 Å². The van der Waals surface area contributed by atoms with Crippen molar-refractivity contribution in [2.45, 2.75) is 63.4 Å². The number of fused-ring (bicyclic) bond motifs is 1. The Hall–Kier alpha value is -0.330. The van der Waals surface area contributed by atoms with Crippen molar-refractivity contribution < 1.29 is 22.6 Å². The molecule has 0 amide bonds. The molecule has 2 fully saturated rings. The Morgan fingerprint density at radius 3 is 2.70 bits per heavy atom. The van der Waals surface area contributed by atoms with Gasteiger partial charge < -0.3 is 9.47 Å². The van der Waals surface area contributed by atoms with Gasteiger partial charge >= 0.3 is 6.18 Å². The van der Waals surface area contributed by atoms with Gasteiger partial charge in [0.1, 0.15) is 6.61 Å². The molecule has 20 heavy (non-hydrogen) atoms. The van der Waals surface area contributed by atoms with Crippen molar-refractivity contribution in [2.75, 3.05) is 26.4 Å². The summed E-state index contributed by atoms with van der Waals surface area (Å²) >= 11 is 0. The molecule has 2 heterocycles. The third kappa shape index (κ3) is 3.86. The first-order valence-electron chi connectivity index (χ1n) is 7.35. The van der Waals surface area contributed by atoms with Crippen LogP contribution in [0.2, 0.25) is 0 Å². The standard InChI is InChI=1S/C14H24F3NO2/c1-11(2)20-9-13-5-3-7-18(13)12(4-6-13)8-19-10-14(15,16)17/h11-12H,3-10H2,1-2H3/t12-,13-/m0/s1. The summed E-state index contributed by atoms with van der Waals surface area (Å²) in [6, 6.07) is 0.107. The van der Waals surface area contributed by atoms with Crippen LogP contribution >= 0.6 is 0 Å². The molecule has 0 aromatic heterocycles. The van der Waals surface area contributed by atoms with Crippen LogP contribution in [0.15, 0.2) is 0 Å². The molecular formula is C14H24F3NO2. The molecule has 0 N–H and O–H groups in total. The van der Waals surface area contributed by atoms with Gasteiger partial charge in [0.05, 0.1) is 19.3 Å². The van der Waals surface area contributed by atoms with Gasteiger partial charge in [0.2, 0.25) is 0 Å². The maximum absolute atomic E-state index is 12.1. The lowest BCUT2D eigenvalue weighted by Crippen LogP contribution is -2.47. The second kappa shape index (κ2) is 6.20. The lowest BCUT2D eigenvalue weighted by molar-refractivity contribution is -0.177. The van der Waals surface area contributed by atoms with Crippen LogP contribution in [-0.2, 0) is 9.47 Å². The van der Waals surface area contributed by atoms with Crippen LogP contribution < -0.4 is 0 Å². The number of alkyl halides is 3. The second-order valence-corrected chi connectivity index (χ2v) is 6.20. The molecule has 0 spiro atoms. The first kappa shape index (κ1) is 16.0. The Labute approximate surface area is 118 Å². The number of halogens is 3. The predicted octanol–water partition coefficient (Wildman–Crippen LogP) is 2.99. The highest BCUT2D eigenvalue weighted by atomic mass is 19.4. The Bertz CT molecular complexity index is 322. The fourth-order valence-electron chi connectivity index (χ4n) is 3.42. The van der Waals surface area contributed by atoms with Crippen LogP contribution in [0.1, 0.15) is 39.5 Å². The monoisotopic (exact) mass is 295 g/mol. The molecule has 2 aliphatic heterocycles. The Morgan fingerprint density at radius 2 is 2.05 bits per heavy atom. The Kier molecular flexibility index (Phi) is 4.97. The van der Waals surface area contributed by atoms with E-state index in [1.165, 1.54) is 0 Å². The summed E-state index contributed by atoms with van der Waals surface area (Å²) in [5.41, 5.74) is 0.0382. The van der Waals surface area contributed by atoms with Gasteiger partial charge in [-0.25, -0.2) is 0 Å². The molecule has 2 atom stereocenters. The molecule has 0 aromatic carbocycles. The van der Waals surface area contributed by atoms with E-state index in [0.717, 1.165) is 32.2 Å². The average molecular weight is 295 g/mol. The summed E-state index contributed by atoms with van der Waals surface area (Å²) in [6.45, 7) is 4.67. The molecule has 0 bridgehead atoms. The third-order valence-electron chi connectivity index (χ3n) is 4.30. The molecule has 0 unspecified atom stereocenters. The minimum atomic E-state index is -4.23. The normalized spacial score (nSPS) is 31.2. The van der Waals surface area contributed by atoms with Crippen LogP contribution in [0, 0.1) is 0 Å². The zero-order valence-corrected chi connectivity index (χ0v) is 12.2. The van der Waals surface area contributed by atoms with E-state index in [4.69, 9.17) is 9.47 Å². The van der Waals surface area contributed by atoms with Gasteiger partial charge in [0, 0.05) is 11.6 Å². The molecule has 0 saturated carbocycles. The lowest BCUT2D eigenvalue weighted by atomic mass is 9.95. The van der Waals surface area contributed by atoms with Crippen molar-refractivity contribution in [3.8, 4) is 0 Å². The SMILES string of the molecule is CC(C)OC[C@@]12CCCN1[C@H](COCC(F)(F)F)CC2. The summed E-state index contributed by atoms with van der Waals surface area (Å²) in [4.78, 5) is 2.33. The maximum atomic E-state index is 12.1. The molecule has 6 heteroatoms. The molecule has 2 aliphatic rings. The fourth-order valence-corrected chi connectivity index (χ4v) is 3.42. The first-order valence-corrected chi connectivity index (χ1v) is 7.35. The van der Waals surface area contributed by atoms with Gasteiger partial charge in [-0.1, -0.05) is 0 Å². The molecule has 118 valence electrons. The zero-order chi connectivity index (χ0) is 14.8. The van der Waals surface area contributed by atoms with Crippen LogP contribution in [0.5, 0.6) is 0 Å². The number of nitrogens with zero attached hydrogens (tertiary/aromatic N) is 1. The molecule has 0 aromatic rings. The summed E-state index contributed by atoms with van der Waals surface area (Å²) in [7, 11) is 0. The van der Waals surface area contributed by atoms with Crippen LogP contribution in [0.25, 0.3) is 0 Å². The quantitative estimate of drug-likeness (QED) is 0.752. The average Bonchev–Trinajstić information content (AvgIpc) is 2.85. The van der Waals surface area contributed by atoms with Crippen molar-refractivity contribution in [1.82, 2.24) is 4.90 Å². The van der Waals surface area contributed by atoms with E-state index in [9.17, 15) is 13.2 Å². The lowest BCUT2D eigenvalue weighted by Gasteiger charge is -2.35. The summed E-state index contributed by atoms with van der Waals surface area (Å²) in [6.07, 6.45) is 0.0279. The van der Waals surface area contributed by atoms with Crippen LogP contribution in [-0.4, -0.2) is 55.1 Å². The largest absolute Gasteiger partial charge is 0.411 e. The molecule has 0 radical (unpaired) electrons. The van der Waals surface area contributed by atoms with E-state index in [2.05, 4.69) is 4.90 Å². The number of rotatable bonds is 6. The van der Waals surface area contributed by atoms with E-state index in [1.807, 2.05) is 13.8 Å². The smallest absolute Gasteiger partial charge is 0.377 e. The van der Waals surface area contributed by atoms with Gasteiger partial charge in [-0.15, -0.1) is 0 Å². The van der Waals surface area contributed by atoms with Gasteiger partial charge in [-0.05, 0) is 46.1 Å². The van der Waals surface area contributed by atoms with Crippen molar-refractivity contribution in [2.24, 2.45) is 0 Å². The number of hydrogen-bond donors (Lipinski definition) is 0. The minimum Gasteiger partial charge on any atom is -0.377 e. The highest BCUT2D eigenvalue weighted by Gasteiger charge is 2.49. The van der Waals surface area contributed by atoms with Gasteiger partial charge in [-0.3, -0.25) is 4.90 Å². The second-order valence-electron chi connectivity index (χ2n) is 6.20. The van der Waals surface area contributed by atoms with Crippen LogP contribution in [0.4, 0.5) is 13.2 Å². The maximum Gasteiger partial charge on any atom is 0.411 e. The molecule has 2 rings (SSSR count). The van der Waals surface area contributed by atoms with Crippen molar-refractivity contribution >= 4 is 0 Å². The molecule has 3 nitrogen and oxygen atoms in total. The van der Waals surface area contributed by atoms with E-state index < -0.39 is 12.8 Å². The van der Waals surface area contributed by atoms with Crippen molar-refractivity contribution in [3.05, 3.63) is 0 Å². The summed E-state index contributed by atoms with van der Waals surface area (Å²) in [5.74, 6) is 0. The highest BCUT2D eigenvalue weighted by molar-refractivity contribution is 5.04. The van der Waals surface area contributed by atoms with E-state index in [-0.39, 0.29) is 24.3 Å². The molecular weight excluding hydrogens is 271 g/mol. The number of ether oxygens (including phenoxy) is 2. The molecule has 2 saturated heterocycles. The highest BCUT2D eigenvalue weighted by Crippen LogP contribution is 2.42. The predicted molar refractivity (Wildman–Crippen MR) is 69.7 cm³/mol.